The number of rotatable bonds is 7. The van der Waals surface area contributed by atoms with E-state index in [0.717, 1.165) is 24.3 Å². The van der Waals surface area contributed by atoms with E-state index in [9.17, 15) is 0 Å². The molecule has 0 radical (unpaired) electrons. The predicted molar refractivity (Wildman–Crippen MR) is 114 cm³/mol. The smallest absolute Gasteiger partial charge is 0.132 e. The summed E-state index contributed by atoms with van der Waals surface area (Å²) in [4.78, 5) is 4.22. The third-order valence-electron chi connectivity index (χ3n) is 5.09. The van der Waals surface area contributed by atoms with Gasteiger partial charge in [-0.25, -0.2) is 4.98 Å². The summed E-state index contributed by atoms with van der Waals surface area (Å²) in [7, 11) is 0. The van der Waals surface area contributed by atoms with Gasteiger partial charge in [-0.15, -0.1) is 5.73 Å². The van der Waals surface area contributed by atoms with Crippen LogP contribution >= 0.6 is 11.6 Å². The largest absolute Gasteiger partial charge is 0.244 e. The van der Waals surface area contributed by atoms with Gasteiger partial charge in [0, 0.05) is 6.20 Å². The Morgan fingerprint density at radius 3 is 3.04 bits per heavy atom. The first-order chi connectivity index (χ1) is 12.6. The molecule has 1 aliphatic carbocycles. The fourth-order valence-electron chi connectivity index (χ4n) is 3.72. The number of aromatic nitrogens is 1. The molecule has 2 atom stereocenters. The maximum Gasteiger partial charge on any atom is 0.132 e. The van der Waals surface area contributed by atoms with Gasteiger partial charge < -0.3 is 0 Å². The van der Waals surface area contributed by atoms with E-state index in [4.69, 9.17) is 11.6 Å². The van der Waals surface area contributed by atoms with E-state index in [1.807, 2.05) is 12.1 Å². The Hall–Kier alpha value is -1.82. The van der Waals surface area contributed by atoms with E-state index in [0.29, 0.717) is 11.1 Å². The molecule has 2 rings (SSSR count). The molecule has 0 saturated heterocycles. The summed E-state index contributed by atoms with van der Waals surface area (Å²) in [6.45, 7) is 7.97. The first kappa shape index (κ1) is 20.5. The minimum Gasteiger partial charge on any atom is -0.244 e. The highest BCUT2D eigenvalue weighted by molar-refractivity contribution is 6.30. The molecule has 0 aromatic carbocycles. The Morgan fingerprint density at radius 1 is 1.46 bits per heavy atom. The third-order valence-corrected chi connectivity index (χ3v) is 5.41. The summed E-state index contributed by atoms with van der Waals surface area (Å²) in [5.41, 5.74) is 6.94. The number of halogens is 1. The van der Waals surface area contributed by atoms with Gasteiger partial charge in [-0.1, -0.05) is 61.0 Å². The standard InChI is InChI=1S/C24H30ClN/c1-4-6-10-20(9-5-2)18-22-12-7-11-21(14-15-22)17-19(3)23-13-8-16-26-24(23)25/h5-6,8-11,13,16,19,22H,1,7,12,14-15,17-18H2,2-3H3. The van der Waals surface area contributed by atoms with Crippen molar-refractivity contribution in [2.24, 2.45) is 5.92 Å². The summed E-state index contributed by atoms with van der Waals surface area (Å²) >= 11 is 6.27. The van der Waals surface area contributed by atoms with Crippen molar-refractivity contribution >= 4 is 11.6 Å². The molecule has 0 fully saturated rings. The van der Waals surface area contributed by atoms with Gasteiger partial charge in [-0.3, -0.25) is 0 Å². The zero-order valence-corrected chi connectivity index (χ0v) is 16.8. The molecule has 2 unspecified atom stereocenters. The Balaban J connectivity index is 1.93. The highest BCUT2D eigenvalue weighted by Gasteiger charge is 2.17. The third kappa shape index (κ3) is 6.48. The lowest BCUT2D eigenvalue weighted by Gasteiger charge is -2.17. The van der Waals surface area contributed by atoms with Crippen LogP contribution in [0.2, 0.25) is 5.15 Å². The predicted octanol–water partition coefficient (Wildman–Crippen LogP) is 7.58. The van der Waals surface area contributed by atoms with E-state index in [1.54, 1.807) is 11.8 Å². The summed E-state index contributed by atoms with van der Waals surface area (Å²) in [5.74, 6) is 1.15. The lowest BCUT2D eigenvalue weighted by Crippen LogP contribution is -2.01. The Labute approximate surface area is 163 Å². The summed E-state index contributed by atoms with van der Waals surface area (Å²) in [5, 5.41) is 0.642. The van der Waals surface area contributed by atoms with Crippen LogP contribution in [0.5, 0.6) is 0 Å². The van der Waals surface area contributed by atoms with Crippen molar-refractivity contribution in [3.63, 3.8) is 0 Å². The fourth-order valence-corrected chi connectivity index (χ4v) is 4.03. The van der Waals surface area contributed by atoms with E-state index >= 15 is 0 Å². The quantitative estimate of drug-likeness (QED) is 0.209. The average Bonchev–Trinajstić information content (AvgIpc) is 2.85. The van der Waals surface area contributed by atoms with Gasteiger partial charge in [0.2, 0.25) is 0 Å². The molecule has 1 heterocycles. The first-order valence-corrected chi connectivity index (χ1v) is 9.97. The van der Waals surface area contributed by atoms with Crippen molar-refractivity contribution in [1.29, 1.82) is 0 Å². The number of hydrogen-bond donors (Lipinski definition) is 0. The number of nitrogens with zero attached hydrogens (tertiary/aromatic N) is 1. The molecule has 2 heteroatoms. The molecule has 1 aliphatic rings. The van der Waals surface area contributed by atoms with E-state index < -0.39 is 0 Å². The highest BCUT2D eigenvalue weighted by atomic mass is 35.5. The second kappa shape index (κ2) is 11.0. The Kier molecular flexibility index (Phi) is 8.68. The molecule has 1 nitrogen and oxygen atoms in total. The molecule has 0 aliphatic heterocycles. The van der Waals surface area contributed by atoms with Crippen molar-refractivity contribution in [2.75, 3.05) is 0 Å². The molecule has 26 heavy (non-hydrogen) atoms. The number of hydrogen-bond acceptors (Lipinski definition) is 1. The van der Waals surface area contributed by atoms with Crippen LogP contribution in [-0.2, 0) is 0 Å². The maximum absolute atomic E-state index is 6.27. The van der Waals surface area contributed by atoms with Gasteiger partial charge in [-0.2, -0.15) is 0 Å². The van der Waals surface area contributed by atoms with Crippen LogP contribution in [-0.4, -0.2) is 4.98 Å². The number of allylic oxidation sites excluding steroid dienone is 7. The topological polar surface area (TPSA) is 12.9 Å². The second-order valence-electron chi connectivity index (χ2n) is 7.15. The van der Waals surface area contributed by atoms with Crippen LogP contribution in [0.25, 0.3) is 0 Å². The van der Waals surface area contributed by atoms with Crippen LogP contribution in [0.15, 0.2) is 72.2 Å². The normalized spacial score (nSPS) is 19.6. The second-order valence-corrected chi connectivity index (χ2v) is 7.51. The van der Waals surface area contributed by atoms with Gasteiger partial charge >= 0.3 is 0 Å². The SMILES string of the molecule is C=C=CC=C(C=CC)CC1CCC=C(CC(C)c2cccnc2Cl)CC1. The van der Waals surface area contributed by atoms with Gasteiger partial charge in [0.15, 0.2) is 0 Å². The highest BCUT2D eigenvalue weighted by Crippen LogP contribution is 2.34. The molecule has 0 saturated carbocycles. The molecule has 1 aromatic rings. The first-order valence-electron chi connectivity index (χ1n) is 9.60. The van der Waals surface area contributed by atoms with Crippen molar-refractivity contribution < 1.29 is 0 Å². The van der Waals surface area contributed by atoms with Crippen LogP contribution in [0.4, 0.5) is 0 Å². The van der Waals surface area contributed by atoms with Crippen molar-refractivity contribution in [3.05, 3.63) is 82.9 Å². The zero-order chi connectivity index (χ0) is 18.8. The fraction of sp³-hybridized carbons (Fsp3) is 0.417. The maximum atomic E-state index is 6.27. The van der Waals surface area contributed by atoms with Crippen LogP contribution in [0.3, 0.4) is 0 Å². The lowest BCUT2D eigenvalue weighted by molar-refractivity contribution is 0.462. The van der Waals surface area contributed by atoms with E-state index in [1.165, 1.54) is 31.3 Å². The van der Waals surface area contributed by atoms with E-state index in [2.05, 4.69) is 61.5 Å². The van der Waals surface area contributed by atoms with Crippen molar-refractivity contribution in [2.45, 2.75) is 58.3 Å². The molecule has 1 aromatic heterocycles. The Morgan fingerprint density at radius 2 is 2.31 bits per heavy atom. The summed E-state index contributed by atoms with van der Waals surface area (Å²) in [6.07, 6.45) is 19.7. The van der Waals surface area contributed by atoms with Crippen LogP contribution < -0.4 is 0 Å². The minimum absolute atomic E-state index is 0.412. The minimum atomic E-state index is 0.412. The van der Waals surface area contributed by atoms with Gasteiger partial charge in [-0.05, 0) is 80.6 Å². The van der Waals surface area contributed by atoms with Crippen molar-refractivity contribution in [3.8, 4) is 0 Å². The van der Waals surface area contributed by atoms with Gasteiger partial charge in [0.1, 0.15) is 5.15 Å². The van der Waals surface area contributed by atoms with E-state index in [-0.39, 0.29) is 0 Å². The van der Waals surface area contributed by atoms with Gasteiger partial charge in [0.05, 0.1) is 0 Å². The summed E-state index contributed by atoms with van der Waals surface area (Å²) in [6, 6.07) is 4.07. The Bertz CT molecular complexity index is 719. The van der Waals surface area contributed by atoms with Crippen LogP contribution in [0.1, 0.15) is 63.9 Å². The lowest BCUT2D eigenvalue weighted by atomic mass is 9.89. The average molecular weight is 368 g/mol. The molecular weight excluding hydrogens is 338 g/mol. The van der Waals surface area contributed by atoms with Crippen LogP contribution in [0, 0.1) is 5.92 Å². The summed E-state index contributed by atoms with van der Waals surface area (Å²) < 4.78 is 0. The van der Waals surface area contributed by atoms with Crippen molar-refractivity contribution in [1.82, 2.24) is 4.98 Å². The zero-order valence-electron chi connectivity index (χ0n) is 16.0. The molecule has 0 amide bonds. The number of pyridine rings is 1. The van der Waals surface area contributed by atoms with Gasteiger partial charge in [0.25, 0.3) is 0 Å². The monoisotopic (exact) mass is 367 g/mol. The molecular formula is C24H30ClN. The molecule has 0 spiro atoms. The molecule has 0 bridgehead atoms. The molecule has 0 N–H and O–H groups in total. The molecule has 138 valence electrons.